The molecule has 1 amide bonds. The summed E-state index contributed by atoms with van der Waals surface area (Å²) >= 11 is 0. The Morgan fingerprint density at radius 2 is 1.90 bits per heavy atom. The van der Waals surface area contributed by atoms with Crippen LogP contribution in [0.1, 0.15) is 31.2 Å². The fourth-order valence-corrected chi connectivity index (χ4v) is 4.86. The minimum atomic E-state index is -3.65. The van der Waals surface area contributed by atoms with E-state index in [4.69, 9.17) is 9.15 Å². The third-order valence-electron chi connectivity index (χ3n) is 4.91. The van der Waals surface area contributed by atoms with Crippen LogP contribution in [0, 0.1) is 6.92 Å². The number of aryl methyl sites for hydroxylation is 1. The Balaban J connectivity index is 1.71. The van der Waals surface area contributed by atoms with Crippen LogP contribution in [0.4, 0.5) is 5.69 Å². The molecule has 0 saturated carbocycles. The Morgan fingerprint density at radius 3 is 2.55 bits per heavy atom. The second kappa shape index (κ2) is 9.08. The van der Waals surface area contributed by atoms with Crippen molar-refractivity contribution >= 4 is 21.6 Å². The van der Waals surface area contributed by atoms with Crippen molar-refractivity contribution in [3.8, 4) is 0 Å². The van der Waals surface area contributed by atoms with E-state index in [9.17, 15) is 13.2 Å². The van der Waals surface area contributed by atoms with Gasteiger partial charge in [-0.3, -0.25) is 10.1 Å². The average molecular weight is 422 g/mol. The fraction of sp³-hybridized carbons (Fsp3) is 0.450. The van der Waals surface area contributed by atoms with E-state index in [1.807, 2.05) is 13.0 Å². The zero-order valence-electron chi connectivity index (χ0n) is 16.8. The van der Waals surface area contributed by atoms with Crippen LogP contribution in [0.2, 0.25) is 0 Å². The van der Waals surface area contributed by atoms with Crippen LogP contribution in [0.5, 0.6) is 0 Å². The number of benzene rings is 1. The first-order chi connectivity index (χ1) is 13.8. The van der Waals surface area contributed by atoms with Gasteiger partial charge in [-0.15, -0.1) is 0 Å². The number of hydrogen-bond donors (Lipinski definition) is 2. The van der Waals surface area contributed by atoms with E-state index in [1.165, 1.54) is 10.4 Å². The van der Waals surface area contributed by atoms with Gasteiger partial charge in [0.2, 0.25) is 15.9 Å². The lowest BCUT2D eigenvalue weighted by atomic mass is 10.2. The van der Waals surface area contributed by atoms with Crippen molar-refractivity contribution < 1.29 is 22.4 Å². The molecule has 0 bridgehead atoms. The molecule has 1 saturated heterocycles. The van der Waals surface area contributed by atoms with Crippen molar-refractivity contribution in [3.05, 3.63) is 47.9 Å². The van der Waals surface area contributed by atoms with E-state index < -0.39 is 16.1 Å². The quantitative estimate of drug-likeness (QED) is 0.711. The predicted molar refractivity (Wildman–Crippen MR) is 109 cm³/mol. The van der Waals surface area contributed by atoms with Crippen LogP contribution in [0.15, 0.2) is 45.9 Å². The lowest BCUT2D eigenvalue weighted by Gasteiger charge is -2.27. The highest BCUT2D eigenvalue weighted by atomic mass is 32.2. The number of hydrogen-bond acceptors (Lipinski definition) is 6. The van der Waals surface area contributed by atoms with E-state index in [-0.39, 0.29) is 16.8 Å². The van der Waals surface area contributed by atoms with Crippen molar-refractivity contribution in [2.45, 2.75) is 37.8 Å². The van der Waals surface area contributed by atoms with Crippen LogP contribution in [0.3, 0.4) is 0 Å². The zero-order chi connectivity index (χ0) is 21.0. The highest BCUT2D eigenvalue weighted by Gasteiger charge is 2.28. The van der Waals surface area contributed by atoms with Gasteiger partial charge in [-0.05, 0) is 50.6 Å². The van der Waals surface area contributed by atoms with Crippen LogP contribution in [-0.2, 0) is 19.6 Å². The van der Waals surface area contributed by atoms with Crippen molar-refractivity contribution in [3.63, 3.8) is 0 Å². The molecule has 0 aliphatic carbocycles. The number of carbonyl (C=O) groups excluding carboxylic acids is 1. The Bertz CT molecular complexity index is 937. The molecule has 1 aromatic carbocycles. The van der Waals surface area contributed by atoms with Crippen molar-refractivity contribution in [2.75, 3.05) is 31.6 Å². The average Bonchev–Trinajstić information content (AvgIpc) is 3.25. The molecule has 1 fully saturated rings. The molecule has 2 atom stereocenters. The molecule has 0 unspecified atom stereocenters. The molecule has 9 heteroatoms. The number of nitrogens with one attached hydrogen (secondary N) is 2. The van der Waals surface area contributed by atoms with Gasteiger partial charge in [0.05, 0.1) is 36.5 Å². The number of carbonyl (C=O) groups is 1. The molecule has 1 aromatic heterocycles. The van der Waals surface area contributed by atoms with Crippen LogP contribution >= 0.6 is 0 Å². The smallest absolute Gasteiger partial charge is 0.243 e. The lowest BCUT2D eigenvalue weighted by molar-refractivity contribution is -0.118. The van der Waals surface area contributed by atoms with Gasteiger partial charge in [0, 0.05) is 18.8 Å². The Labute approximate surface area is 171 Å². The molecule has 1 aliphatic rings. The number of anilines is 1. The van der Waals surface area contributed by atoms with Crippen LogP contribution in [0.25, 0.3) is 0 Å². The van der Waals surface area contributed by atoms with Crippen LogP contribution < -0.4 is 10.6 Å². The molecule has 158 valence electrons. The van der Waals surface area contributed by atoms with E-state index >= 15 is 0 Å². The molecule has 3 rings (SSSR count). The molecule has 8 nitrogen and oxygen atoms in total. The molecule has 2 heterocycles. The van der Waals surface area contributed by atoms with Gasteiger partial charge < -0.3 is 14.5 Å². The summed E-state index contributed by atoms with van der Waals surface area (Å²) in [5.74, 6) is 0.473. The number of morpholine rings is 1. The first-order valence-electron chi connectivity index (χ1n) is 9.58. The maximum atomic E-state index is 13.0. The summed E-state index contributed by atoms with van der Waals surface area (Å²) in [6.45, 7) is 6.80. The Morgan fingerprint density at radius 1 is 1.17 bits per heavy atom. The SMILES string of the molecule is Cc1ccc(NC(=O)[C@H](C)N[C@@H](C)c2ccco2)cc1S(=O)(=O)N1CCOCC1. The molecule has 0 radical (unpaired) electrons. The van der Waals surface area contributed by atoms with Gasteiger partial charge in [-0.1, -0.05) is 6.07 Å². The van der Waals surface area contributed by atoms with Gasteiger partial charge >= 0.3 is 0 Å². The van der Waals surface area contributed by atoms with Crippen molar-refractivity contribution in [1.29, 1.82) is 0 Å². The summed E-state index contributed by atoms with van der Waals surface area (Å²) in [4.78, 5) is 12.8. The maximum absolute atomic E-state index is 13.0. The maximum Gasteiger partial charge on any atom is 0.243 e. The third kappa shape index (κ3) is 5.05. The van der Waals surface area contributed by atoms with Crippen molar-refractivity contribution in [2.24, 2.45) is 0 Å². The van der Waals surface area contributed by atoms with Gasteiger partial charge in [0.25, 0.3) is 0 Å². The molecule has 2 N–H and O–H groups in total. The van der Waals surface area contributed by atoms with Gasteiger partial charge in [-0.25, -0.2) is 8.42 Å². The summed E-state index contributed by atoms with van der Waals surface area (Å²) < 4.78 is 38.0. The highest BCUT2D eigenvalue weighted by Crippen LogP contribution is 2.24. The number of rotatable bonds is 7. The Kier molecular flexibility index (Phi) is 6.74. The summed E-state index contributed by atoms with van der Waals surface area (Å²) in [5.41, 5.74) is 1.07. The van der Waals surface area contributed by atoms with Crippen LogP contribution in [-0.4, -0.2) is 51.0 Å². The Hall–Kier alpha value is -2.20. The monoisotopic (exact) mass is 421 g/mol. The lowest BCUT2D eigenvalue weighted by Crippen LogP contribution is -2.41. The molecule has 2 aromatic rings. The van der Waals surface area contributed by atoms with E-state index in [0.29, 0.717) is 37.6 Å². The normalized spacial score (nSPS) is 17.6. The van der Waals surface area contributed by atoms with Gasteiger partial charge in [0.1, 0.15) is 5.76 Å². The number of furan rings is 1. The van der Waals surface area contributed by atoms with Crippen molar-refractivity contribution in [1.82, 2.24) is 9.62 Å². The molecular weight excluding hydrogens is 394 g/mol. The number of ether oxygens (including phenoxy) is 1. The fourth-order valence-electron chi connectivity index (χ4n) is 3.20. The molecule has 29 heavy (non-hydrogen) atoms. The largest absolute Gasteiger partial charge is 0.468 e. The van der Waals surface area contributed by atoms with E-state index in [1.54, 1.807) is 38.3 Å². The first-order valence-corrected chi connectivity index (χ1v) is 11.0. The molecular formula is C20H27N3O5S. The summed E-state index contributed by atoms with van der Waals surface area (Å²) in [7, 11) is -3.65. The summed E-state index contributed by atoms with van der Waals surface area (Å²) in [6.07, 6.45) is 1.58. The number of sulfonamides is 1. The number of amides is 1. The number of nitrogens with zero attached hydrogens (tertiary/aromatic N) is 1. The predicted octanol–water partition coefficient (Wildman–Crippen LogP) is 2.29. The first kappa shape index (κ1) is 21.5. The van der Waals surface area contributed by atoms with E-state index in [2.05, 4.69) is 10.6 Å². The van der Waals surface area contributed by atoms with Gasteiger partial charge in [-0.2, -0.15) is 4.31 Å². The van der Waals surface area contributed by atoms with Gasteiger partial charge in [0.15, 0.2) is 0 Å². The minimum Gasteiger partial charge on any atom is -0.468 e. The second-order valence-corrected chi connectivity index (χ2v) is 9.02. The third-order valence-corrected chi connectivity index (χ3v) is 6.95. The second-order valence-electron chi connectivity index (χ2n) is 7.11. The molecule has 1 aliphatic heterocycles. The zero-order valence-corrected chi connectivity index (χ0v) is 17.7. The standard InChI is InChI=1S/C20H27N3O5S/c1-14-6-7-17(13-19(14)29(25,26)23-8-11-27-12-9-23)22-20(24)16(3)21-15(2)18-5-4-10-28-18/h4-7,10,13,15-16,21H,8-9,11-12H2,1-3H3,(H,22,24)/t15-,16-/m0/s1. The topological polar surface area (TPSA) is 101 Å². The summed E-state index contributed by atoms with van der Waals surface area (Å²) in [6, 6.07) is 7.91. The summed E-state index contributed by atoms with van der Waals surface area (Å²) in [5, 5.41) is 5.96. The van der Waals surface area contributed by atoms with E-state index in [0.717, 1.165) is 5.76 Å². The minimum absolute atomic E-state index is 0.138. The highest BCUT2D eigenvalue weighted by molar-refractivity contribution is 7.89. The molecule has 0 spiro atoms.